The van der Waals surface area contributed by atoms with E-state index < -0.39 is 6.61 Å². The lowest BCUT2D eigenvalue weighted by Gasteiger charge is -2.28. The first-order chi connectivity index (χ1) is 49.1. The van der Waals surface area contributed by atoms with Crippen LogP contribution in [0.3, 0.4) is 0 Å². The zero-order valence-corrected chi connectivity index (χ0v) is 57.4. The van der Waals surface area contributed by atoms with Gasteiger partial charge in [-0.2, -0.15) is 15.0 Å². The molecule has 0 radical (unpaired) electrons. The molecule has 0 bridgehead atoms. The number of para-hydroxylation sites is 1. The molecule has 6 aliphatic rings. The Morgan fingerprint density at radius 3 is 1.40 bits per heavy atom. The number of carbonyl (C=O) groups is 1. The second-order valence-electron chi connectivity index (χ2n) is 28.6. The molecule has 14 heterocycles. The van der Waals surface area contributed by atoms with Crippen LogP contribution in [-0.4, -0.2) is 134 Å². The molecule has 0 spiro atoms. The fourth-order valence-corrected chi connectivity index (χ4v) is 16.3. The van der Waals surface area contributed by atoms with Crippen molar-refractivity contribution < 1.29 is 15.0 Å². The number of benzene rings is 1. The molecule has 3 fully saturated rings. The standard InChI is InChI=1S/C26H29N7O2.C26H31N7O.C25H28N6/c1-16-2-5-18(6-3-16)33-22-13-27-10-8-19(22)20-12-28-26(31-25(20)33)30-23-7-4-17-14-32(24(35)15-34)11-9-21(17)29-23;1-17-2-5-19(6-3-17)33-23-15-27-10-8-20(23)21-14-28-26(31-25(21)33)30-24-7-4-18-16-32(12-13-34)11-9-22(18)29-24;1-16-6-9-18(10-7-16)31-22-5-3-2-4-19(22)20-15-27-25(30-24(20)31)29-23-11-8-17-14-26-13-12-21(17)28-23/h4,7-8,10,12-13,16,18,34H,2-3,5-6,9,11,14-15H2,1H3,(H,28,29,30,31);4,7-8,10,14-15,17,19,34H,2-3,5-6,9,11-13,16H2,1H3,(H,28,29,30,31);2-5,8,11,15-16,18,26H,6-7,9-10,12-14H2,1H3,(H,27,28,29,30). The molecule has 0 saturated heterocycles. The number of pyridine rings is 5. The number of anilines is 6. The minimum atomic E-state index is -0.463. The maximum absolute atomic E-state index is 11.8. The van der Waals surface area contributed by atoms with E-state index in [-0.39, 0.29) is 12.5 Å². The number of aliphatic hydroxyl groups is 2. The Morgan fingerprint density at radius 2 is 0.910 bits per heavy atom. The van der Waals surface area contributed by atoms with Gasteiger partial charge in [-0.15, -0.1) is 0 Å². The van der Waals surface area contributed by atoms with Crippen LogP contribution in [0.25, 0.3) is 65.8 Å². The van der Waals surface area contributed by atoms with E-state index in [1.807, 2.05) is 73.7 Å². The summed E-state index contributed by atoms with van der Waals surface area (Å²) >= 11 is 0. The van der Waals surface area contributed by atoms with Crippen LogP contribution in [0.2, 0.25) is 0 Å². The van der Waals surface area contributed by atoms with Crippen molar-refractivity contribution in [2.45, 2.75) is 155 Å². The zero-order chi connectivity index (χ0) is 67.8. The summed E-state index contributed by atoms with van der Waals surface area (Å²) in [5.41, 5.74) is 13.2. The summed E-state index contributed by atoms with van der Waals surface area (Å²) in [5.74, 6) is 6.09. The van der Waals surface area contributed by atoms with E-state index in [0.29, 0.717) is 67.8 Å². The molecule has 3 aliphatic heterocycles. The highest BCUT2D eigenvalue weighted by atomic mass is 16.3. The lowest BCUT2D eigenvalue weighted by Crippen LogP contribution is -2.37. The molecule has 1 amide bonds. The summed E-state index contributed by atoms with van der Waals surface area (Å²) in [6.07, 6.45) is 30.4. The molecular weight excluding hydrogens is 1250 g/mol. The fourth-order valence-electron chi connectivity index (χ4n) is 16.3. The van der Waals surface area contributed by atoms with E-state index in [9.17, 15) is 9.90 Å². The third-order valence-corrected chi connectivity index (χ3v) is 21.9. The molecule has 11 aromatic heterocycles. The molecule has 23 heteroatoms. The highest BCUT2D eigenvalue weighted by molar-refractivity contribution is 6.08. The Balaban J connectivity index is 0.000000117. The van der Waals surface area contributed by atoms with Gasteiger partial charge in [0.1, 0.15) is 41.0 Å². The number of carbonyl (C=O) groups excluding carboxylic acids is 1. The van der Waals surface area contributed by atoms with Gasteiger partial charge >= 0.3 is 0 Å². The van der Waals surface area contributed by atoms with Gasteiger partial charge in [0.05, 0.1) is 35.6 Å². The number of aliphatic hydroxyl groups excluding tert-OH is 2. The number of amides is 1. The Labute approximate surface area is 580 Å². The van der Waals surface area contributed by atoms with Crippen molar-refractivity contribution in [2.75, 3.05) is 55.3 Å². The molecule has 3 saturated carbocycles. The summed E-state index contributed by atoms with van der Waals surface area (Å²) in [6.45, 7) is 12.1. The van der Waals surface area contributed by atoms with Crippen molar-refractivity contribution in [1.29, 1.82) is 0 Å². The van der Waals surface area contributed by atoms with Crippen LogP contribution in [0.15, 0.2) is 116 Å². The maximum atomic E-state index is 11.8. The van der Waals surface area contributed by atoms with Crippen LogP contribution < -0.4 is 21.3 Å². The number of β-amino-alcohol motifs (C(OH)–C–C–N with tert-alkyl or cyclic N) is 1. The number of fused-ring (bicyclic) bond motifs is 12. The van der Waals surface area contributed by atoms with Crippen LogP contribution >= 0.6 is 0 Å². The smallest absolute Gasteiger partial charge is 0.248 e. The molecule has 1 aromatic carbocycles. The third-order valence-electron chi connectivity index (χ3n) is 21.9. The number of nitrogens with zero attached hydrogens (tertiary/aromatic N) is 16. The predicted molar refractivity (Wildman–Crippen MR) is 391 cm³/mol. The van der Waals surface area contributed by atoms with Crippen molar-refractivity contribution in [3.8, 4) is 0 Å². The Morgan fingerprint density at radius 1 is 0.470 bits per heavy atom. The highest BCUT2D eigenvalue weighted by Gasteiger charge is 2.30. The predicted octanol–water partition coefficient (Wildman–Crippen LogP) is 13.1. The second-order valence-corrected chi connectivity index (χ2v) is 28.6. The average molecular weight is 1340 g/mol. The van der Waals surface area contributed by atoms with Crippen LogP contribution in [0.5, 0.6) is 0 Å². The van der Waals surface area contributed by atoms with Gasteiger partial charge < -0.3 is 50.1 Å². The lowest BCUT2D eigenvalue weighted by atomic mass is 9.87. The Hall–Kier alpha value is -9.68. The Bertz CT molecular complexity index is 4970. The molecule has 100 heavy (non-hydrogen) atoms. The van der Waals surface area contributed by atoms with E-state index in [4.69, 9.17) is 35.0 Å². The molecule has 3 aliphatic carbocycles. The molecular formula is C77H88N20O3. The van der Waals surface area contributed by atoms with E-state index >= 15 is 0 Å². The number of aromatic nitrogens is 14. The van der Waals surface area contributed by atoms with E-state index in [1.54, 1.807) is 4.90 Å². The molecule has 12 aromatic rings. The van der Waals surface area contributed by atoms with E-state index in [0.717, 1.165) is 159 Å². The number of hydrogen-bond acceptors (Lipinski definition) is 19. The number of rotatable bonds is 12. The first kappa shape index (κ1) is 65.0. The van der Waals surface area contributed by atoms with E-state index in [1.165, 1.54) is 86.2 Å². The first-order valence-electron chi connectivity index (χ1n) is 36.2. The minimum absolute atomic E-state index is 0.189. The highest BCUT2D eigenvalue weighted by Crippen LogP contribution is 2.42. The van der Waals surface area contributed by atoms with Gasteiger partial charge in [0, 0.05) is 164 Å². The lowest BCUT2D eigenvalue weighted by molar-refractivity contribution is -0.135. The van der Waals surface area contributed by atoms with Crippen molar-refractivity contribution in [3.63, 3.8) is 0 Å². The Kier molecular flexibility index (Phi) is 18.5. The van der Waals surface area contributed by atoms with E-state index in [2.05, 4.69) is 128 Å². The molecule has 6 N–H and O–H groups in total. The van der Waals surface area contributed by atoms with Gasteiger partial charge in [-0.3, -0.25) is 19.7 Å². The average Bonchev–Trinajstić information content (AvgIpc) is 1.61. The first-order valence-corrected chi connectivity index (χ1v) is 36.2. The van der Waals surface area contributed by atoms with Crippen LogP contribution in [0, 0.1) is 17.8 Å². The summed E-state index contributed by atoms with van der Waals surface area (Å²) in [6, 6.07) is 26.3. The quantitative estimate of drug-likeness (QED) is 0.0663. The van der Waals surface area contributed by atoms with Crippen LogP contribution in [0.4, 0.5) is 35.3 Å². The van der Waals surface area contributed by atoms with Gasteiger partial charge in [0.15, 0.2) is 0 Å². The third kappa shape index (κ3) is 13.3. The summed E-state index contributed by atoms with van der Waals surface area (Å²) < 4.78 is 7.23. The summed E-state index contributed by atoms with van der Waals surface area (Å²) in [4.78, 5) is 67.8. The molecule has 514 valence electrons. The topological polar surface area (TPSA) is 269 Å². The van der Waals surface area contributed by atoms with Gasteiger partial charge in [0.25, 0.3) is 0 Å². The summed E-state index contributed by atoms with van der Waals surface area (Å²) in [7, 11) is 0. The normalized spacial score (nSPS) is 20.9. The zero-order valence-electron chi connectivity index (χ0n) is 57.4. The largest absolute Gasteiger partial charge is 0.395 e. The number of hydrogen-bond donors (Lipinski definition) is 6. The van der Waals surface area contributed by atoms with Crippen molar-refractivity contribution in [1.82, 2.24) is 83.6 Å². The monoisotopic (exact) mass is 1340 g/mol. The summed E-state index contributed by atoms with van der Waals surface area (Å²) in [5, 5.41) is 38.5. The van der Waals surface area contributed by atoms with Gasteiger partial charge in [-0.25, -0.2) is 29.9 Å². The fraction of sp³-hybridized carbons (Fsp3) is 0.429. The maximum Gasteiger partial charge on any atom is 0.248 e. The van der Waals surface area contributed by atoms with Crippen molar-refractivity contribution in [2.24, 2.45) is 17.8 Å². The van der Waals surface area contributed by atoms with Gasteiger partial charge in [-0.05, 0) is 148 Å². The second kappa shape index (κ2) is 28.5. The molecule has 18 rings (SSSR count). The van der Waals surface area contributed by atoms with Crippen molar-refractivity contribution >= 4 is 107 Å². The van der Waals surface area contributed by atoms with Gasteiger partial charge in [-0.1, -0.05) is 57.2 Å². The molecule has 23 nitrogen and oxygen atoms in total. The molecule has 0 unspecified atom stereocenters. The SMILES string of the molecule is CC1CCC(n2c3ccccc3c3cnc(Nc4ccc5c(n4)CCNC5)nc32)CC1.CC1CCC(n2c3cnccc3c3cnc(Nc4ccc5c(n4)CCN(C(=O)CO)C5)nc32)CC1.CC1CCC(n2c3cnccc3c3cnc(Nc4ccc5c(n4)CCN(CCO)C5)nc32)CC1. The van der Waals surface area contributed by atoms with Crippen LogP contribution in [-0.2, 0) is 43.7 Å². The molecule has 0 atom stereocenters. The van der Waals surface area contributed by atoms with Gasteiger partial charge in [0.2, 0.25) is 23.8 Å². The van der Waals surface area contributed by atoms with Crippen LogP contribution in [0.1, 0.15) is 150 Å². The van der Waals surface area contributed by atoms with Crippen molar-refractivity contribution in [3.05, 3.63) is 150 Å². The minimum Gasteiger partial charge on any atom is -0.395 e. The number of nitrogens with one attached hydrogen (secondary N) is 4.